The van der Waals surface area contributed by atoms with Gasteiger partial charge in [0.25, 0.3) is 0 Å². The summed E-state index contributed by atoms with van der Waals surface area (Å²) < 4.78 is 5.60. The average Bonchev–Trinajstić information content (AvgIpc) is 2.30. The second kappa shape index (κ2) is 8.90. The van der Waals surface area contributed by atoms with Gasteiger partial charge in [0, 0.05) is 13.2 Å². The summed E-state index contributed by atoms with van der Waals surface area (Å²) in [4.78, 5) is 0. The van der Waals surface area contributed by atoms with Gasteiger partial charge in [0.15, 0.2) is 0 Å². The van der Waals surface area contributed by atoms with Gasteiger partial charge in [-0.25, -0.2) is 0 Å². The average molecular weight is 243 g/mol. The molecule has 1 rings (SSSR count). The van der Waals surface area contributed by atoms with E-state index >= 15 is 0 Å². The summed E-state index contributed by atoms with van der Waals surface area (Å²) in [7, 11) is 0. The van der Waals surface area contributed by atoms with Crippen molar-refractivity contribution in [2.75, 3.05) is 26.3 Å². The molecule has 2 N–H and O–H groups in total. The molecule has 0 aromatic heterocycles. The van der Waals surface area contributed by atoms with Gasteiger partial charge in [0.2, 0.25) is 0 Å². The third-order valence-electron chi connectivity index (χ3n) is 3.32. The van der Waals surface area contributed by atoms with Crippen molar-refractivity contribution >= 4 is 0 Å². The van der Waals surface area contributed by atoms with Crippen molar-refractivity contribution in [2.24, 2.45) is 11.8 Å². The summed E-state index contributed by atoms with van der Waals surface area (Å²) >= 11 is 0. The van der Waals surface area contributed by atoms with Gasteiger partial charge in [0.1, 0.15) is 0 Å². The Bertz CT molecular complexity index is 179. The van der Waals surface area contributed by atoms with E-state index in [1.807, 2.05) is 0 Å². The van der Waals surface area contributed by atoms with Crippen LogP contribution in [-0.2, 0) is 4.74 Å². The van der Waals surface area contributed by atoms with E-state index in [1.54, 1.807) is 0 Å². The highest BCUT2D eigenvalue weighted by molar-refractivity contribution is 4.66. The van der Waals surface area contributed by atoms with Crippen molar-refractivity contribution in [1.82, 2.24) is 5.32 Å². The van der Waals surface area contributed by atoms with Crippen LogP contribution in [0.4, 0.5) is 0 Å². The number of aliphatic hydroxyl groups excluding tert-OH is 1. The highest BCUT2D eigenvalue weighted by Gasteiger charge is 2.14. The molecule has 0 bridgehead atoms. The maximum absolute atomic E-state index is 9.70. The van der Waals surface area contributed by atoms with Gasteiger partial charge in [-0.05, 0) is 31.2 Å². The molecule has 17 heavy (non-hydrogen) atoms. The zero-order chi connectivity index (χ0) is 12.5. The number of aliphatic hydroxyl groups is 1. The Balaban J connectivity index is 1.93. The van der Waals surface area contributed by atoms with E-state index in [9.17, 15) is 5.11 Å². The number of ether oxygens (including phenoxy) is 1. The van der Waals surface area contributed by atoms with Crippen LogP contribution in [0.25, 0.3) is 0 Å². The monoisotopic (exact) mass is 243 g/mol. The minimum absolute atomic E-state index is 0.364. The van der Waals surface area contributed by atoms with Crippen molar-refractivity contribution in [3.05, 3.63) is 0 Å². The largest absolute Gasteiger partial charge is 0.389 e. The number of hydrogen-bond donors (Lipinski definition) is 2. The predicted octanol–water partition coefficient (Wildman–Crippen LogP) is 2.19. The summed E-state index contributed by atoms with van der Waals surface area (Å²) in [5, 5.41) is 12.9. The van der Waals surface area contributed by atoms with E-state index in [-0.39, 0.29) is 6.10 Å². The maximum atomic E-state index is 9.70. The van der Waals surface area contributed by atoms with Crippen molar-refractivity contribution in [3.63, 3.8) is 0 Å². The van der Waals surface area contributed by atoms with E-state index in [1.165, 1.54) is 32.1 Å². The Morgan fingerprint density at radius 3 is 2.53 bits per heavy atom. The Hall–Kier alpha value is -0.120. The van der Waals surface area contributed by atoms with E-state index in [2.05, 4.69) is 19.2 Å². The lowest BCUT2D eigenvalue weighted by atomic mass is 9.90. The zero-order valence-corrected chi connectivity index (χ0v) is 11.5. The first-order valence-electron chi connectivity index (χ1n) is 7.15. The van der Waals surface area contributed by atoms with Gasteiger partial charge in [-0.1, -0.05) is 33.1 Å². The maximum Gasteiger partial charge on any atom is 0.0897 e. The van der Waals surface area contributed by atoms with Crippen LogP contribution in [0.15, 0.2) is 0 Å². The topological polar surface area (TPSA) is 41.5 Å². The highest BCUT2D eigenvalue weighted by Crippen LogP contribution is 2.23. The molecule has 0 saturated heterocycles. The minimum atomic E-state index is -0.364. The van der Waals surface area contributed by atoms with Crippen molar-refractivity contribution in [1.29, 1.82) is 0 Å². The molecule has 3 nitrogen and oxygen atoms in total. The molecule has 1 unspecified atom stereocenters. The fraction of sp³-hybridized carbons (Fsp3) is 1.00. The van der Waals surface area contributed by atoms with Crippen LogP contribution in [0.1, 0.15) is 46.0 Å². The van der Waals surface area contributed by atoms with Crippen LogP contribution in [0, 0.1) is 11.8 Å². The number of rotatable bonds is 8. The van der Waals surface area contributed by atoms with Gasteiger partial charge in [-0.3, -0.25) is 0 Å². The molecule has 1 fully saturated rings. The molecule has 3 heteroatoms. The molecule has 0 heterocycles. The van der Waals surface area contributed by atoms with Crippen LogP contribution in [-0.4, -0.2) is 37.5 Å². The summed E-state index contributed by atoms with van der Waals surface area (Å²) in [6.45, 7) is 7.24. The van der Waals surface area contributed by atoms with E-state index < -0.39 is 0 Å². The third-order valence-corrected chi connectivity index (χ3v) is 3.32. The number of nitrogens with one attached hydrogen (secondary N) is 1. The Kier molecular flexibility index (Phi) is 7.82. The van der Waals surface area contributed by atoms with Gasteiger partial charge in [0.05, 0.1) is 12.7 Å². The minimum Gasteiger partial charge on any atom is -0.389 e. The van der Waals surface area contributed by atoms with Crippen molar-refractivity contribution in [3.8, 4) is 0 Å². The van der Waals surface area contributed by atoms with Crippen LogP contribution >= 0.6 is 0 Å². The van der Waals surface area contributed by atoms with E-state index in [4.69, 9.17) is 4.74 Å². The third kappa shape index (κ3) is 7.74. The van der Waals surface area contributed by atoms with Crippen LogP contribution in [0.3, 0.4) is 0 Å². The molecule has 0 aliphatic heterocycles. The SMILES string of the molecule is CC(C)CNCC(O)COCC1CCCCC1. The molecule has 0 aromatic carbocycles. The first-order valence-corrected chi connectivity index (χ1v) is 7.15. The van der Waals surface area contributed by atoms with Gasteiger partial charge in [-0.15, -0.1) is 0 Å². The molecule has 1 atom stereocenters. The van der Waals surface area contributed by atoms with Crippen molar-refractivity contribution < 1.29 is 9.84 Å². The number of hydrogen-bond acceptors (Lipinski definition) is 3. The summed E-state index contributed by atoms with van der Waals surface area (Å²) in [5.74, 6) is 1.37. The zero-order valence-electron chi connectivity index (χ0n) is 11.5. The Morgan fingerprint density at radius 2 is 1.88 bits per heavy atom. The molecular weight excluding hydrogens is 214 g/mol. The Morgan fingerprint density at radius 1 is 1.18 bits per heavy atom. The van der Waals surface area contributed by atoms with Crippen LogP contribution < -0.4 is 5.32 Å². The first-order chi connectivity index (χ1) is 8.18. The van der Waals surface area contributed by atoms with Crippen molar-refractivity contribution in [2.45, 2.75) is 52.1 Å². The summed E-state index contributed by atoms with van der Waals surface area (Å²) in [6, 6.07) is 0. The van der Waals surface area contributed by atoms with Crippen LogP contribution in [0.5, 0.6) is 0 Å². The fourth-order valence-corrected chi connectivity index (χ4v) is 2.32. The standard InChI is InChI=1S/C14H29NO2/c1-12(2)8-15-9-14(16)11-17-10-13-6-4-3-5-7-13/h12-16H,3-11H2,1-2H3. The van der Waals surface area contributed by atoms with Gasteiger partial charge in [-0.2, -0.15) is 0 Å². The second-order valence-corrected chi connectivity index (χ2v) is 5.75. The normalized spacial score (nSPS) is 19.8. The molecule has 1 aliphatic rings. The first kappa shape index (κ1) is 14.9. The highest BCUT2D eigenvalue weighted by atomic mass is 16.5. The Labute approximate surface area is 106 Å². The molecule has 0 radical (unpaired) electrons. The quantitative estimate of drug-likeness (QED) is 0.686. The molecule has 1 aliphatic carbocycles. The summed E-state index contributed by atoms with van der Waals surface area (Å²) in [5.41, 5.74) is 0. The lowest BCUT2D eigenvalue weighted by molar-refractivity contribution is 0.0157. The van der Waals surface area contributed by atoms with E-state index in [0.29, 0.717) is 19.1 Å². The lowest BCUT2D eigenvalue weighted by Crippen LogP contribution is -2.33. The van der Waals surface area contributed by atoms with Gasteiger partial charge >= 0.3 is 0 Å². The molecule has 0 spiro atoms. The van der Waals surface area contributed by atoms with Gasteiger partial charge < -0.3 is 15.2 Å². The van der Waals surface area contributed by atoms with E-state index in [0.717, 1.165) is 19.1 Å². The smallest absolute Gasteiger partial charge is 0.0897 e. The molecule has 102 valence electrons. The second-order valence-electron chi connectivity index (χ2n) is 5.75. The molecule has 1 saturated carbocycles. The lowest BCUT2D eigenvalue weighted by Gasteiger charge is -2.22. The molecule has 0 amide bonds. The molecular formula is C14H29NO2. The van der Waals surface area contributed by atoms with Crippen LogP contribution in [0.2, 0.25) is 0 Å². The predicted molar refractivity (Wildman–Crippen MR) is 71.1 cm³/mol. The summed E-state index contributed by atoms with van der Waals surface area (Å²) in [6.07, 6.45) is 6.35. The fourth-order valence-electron chi connectivity index (χ4n) is 2.32. The molecule has 0 aromatic rings.